The van der Waals surface area contributed by atoms with Crippen LogP contribution in [0.25, 0.3) is 0 Å². The Bertz CT molecular complexity index is 497. The Kier molecular flexibility index (Phi) is 4.23. The quantitative estimate of drug-likeness (QED) is 0.684. The van der Waals surface area contributed by atoms with E-state index in [2.05, 4.69) is 33.8 Å². The van der Waals surface area contributed by atoms with Gasteiger partial charge in [-0.25, -0.2) is 0 Å². The number of hydrogen-bond donors (Lipinski definition) is 3. The minimum Gasteiger partial charge on any atom is -0.394 e. The van der Waals surface area contributed by atoms with Crippen molar-refractivity contribution < 1.29 is 15.3 Å². The molecule has 0 aromatic carbocycles. The fourth-order valence-electron chi connectivity index (χ4n) is 6.49. The molecule has 132 valence electrons. The van der Waals surface area contributed by atoms with E-state index in [1.165, 1.54) is 12.0 Å². The van der Waals surface area contributed by atoms with E-state index in [0.717, 1.165) is 32.1 Å². The van der Waals surface area contributed by atoms with Gasteiger partial charge in [-0.2, -0.15) is 0 Å². The maximum atomic E-state index is 10.5. The standard InChI is InChI=1S/C20H34O3/c1-18(2)10-14(22)11-20(4)15-7-8-19(3,17(23)12-21)9-13(15)5-6-16(18)20/h9,14-17,21-23H,5-8,10-12H2,1-4H3. The molecule has 3 N–H and O–H groups in total. The zero-order valence-electron chi connectivity index (χ0n) is 15.2. The topological polar surface area (TPSA) is 60.7 Å². The van der Waals surface area contributed by atoms with Crippen molar-refractivity contribution in [1.82, 2.24) is 0 Å². The molecule has 2 fully saturated rings. The SMILES string of the molecule is CC1(C)CC(O)CC2(C)C3CCC(C)(C(O)CO)C=C3CCC12. The largest absolute Gasteiger partial charge is 0.394 e. The highest BCUT2D eigenvalue weighted by Gasteiger charge is 2.56. The molecule has 0 saturated heterocycles. The molecule has 6 atom stereocenters. The smallest absolute Gasteiger partial charge is 0.0858 e. The lowest BCUT2D eigenvalue weighted by atomic mass is 9.45. The first kappa shape index (κ1) is 17.4. The first-order chi connectivity index (χ1) is 10.6. The lowest BCUT2D eigenvalue weighted by Crippen LogP contribution is -2.54. The van der Waals surface area contributed by atoms with Crippen molar-refractivity contribution in [3.63, 3.8) is 0 Å². The molecule has 0 aliphatic heterocycles. The van der Waals surface area contributed by atoms with Crippen LogP contribution < -0.4 is 0 Å². The molecule has 2 saturated carbocycles. The molecule has 0 aromatic heterocycles. The fourth-order valence-corrected chi connectivity index (χ4v) is 6.49. The monoisotopic (exact) mass is 322 g/mol. The molecule has 0 amide bonds. The van der Waals surface area contributed by atoms with Crippen LogP contribution in [-0.2, 0) is 0 Å². The van der Waals surface area contributed by atoms with Crippen LogP contribution in [0.2, 0.25) is 0 Å². The molecule has 3 aliphatic rings. The first-order valence-electron chi connectivity index (χ1n) is 9.31. The second-order valence-electron chi connectivity index (χ2n) is 9.66. The summed E-state index contributed by atoms with van der Waals surface area (Å²) < 4.78 is 0. The van der Waals surface area contributed by atoms with Crippen molar-refractivity contribution in [3.8, 4) is 0 Å². The van der Waals surface area contributed by atoms with E-state index in [9.17, 15) is 15.3 Å². The Labute approximate surface area is 140 Å². The molecule has 0 bridgehead atoms. The van der Waals surface area contributed by atoms with Crippen LogP contribution in [0.4, 0.5) is 0 Å². The van der Waals surface area contributed by atoms with E-state index >= 15 is 0 Å². The minimum absolute atomic E-state index is 0.163. The van der Waals surface area contributed by atoms with Gasteiger partial charge in [0.25, 0.3) is 0 Å². The summed E-state index contributed by atoms with van der Waals surface area (Å²) >= 11 is 0. The van der Waals surface area contributed by atoms with Gasteiger partial charge < -0.3 is 15.3 Å². The predicted octanol–water partition coefficient (Wildman–Crippen LogP) is 3.28. The number of aliphatic hydroxyl groups is 3. The molecule has 3 aliphatic carbocycles. The second-order valence-corrected chi connectivity index (χ2v) is 9.66. The average Bonchev–Trinajstić information content (AvgIpc) is 2.43. The molecular weight excluding hydrogens is 288 g/mol. The van der Waals surface area contributed by atoms with E-state index in [1.54, 1.807) is 0 Å². The molecule has 0 heterocycles. The highest BCUT2D eigenvalue weighted by Crippen LogP contribution is 2.63. The molecule has 3 heteroatoms. The van der Waals surface area contributed by atoms with Crippen LogP contribution in [0.15, 0.2) is 11.6 Å². The predicted molar refractivity (Wildman–Crippen MR) is 91.9 cm³/mol. The van der Waals surface area contributed by atoms with Crippen molar-refractivity contribution in [2.75, 3.05) is 6.61 Å². The molecular formula is C20H34O3. The van der Waals surface area contributed by atoms with Gasteiger partial charge in [0, 0.05) is 5.41 Å². The molecule has 23 heavy (non-hydrogen) atoms. The molecule has 3 rings (SSSR count). The Balaban J connectivity index is 1.95. The van der Waals surface area contributed by atoms with Gasteiger partial charge in [0.1, 0.15) is 0 Å². The van der Waals surface area contributed by atoms with Crippen LogP contribution >= 0.6 is 0 Å². The number of hydrogen-bond acceptors (Lipinski definition) is 3. The first-order valence-corrected chi connectivity index (χ1v) is 9.31. The number of aliphatic hydroxyl groups excluding tert-OH is 3. The maximum Gasteiger partial charge on any atom is 0.0858 e. The van der Waals surface area contributed by atoms with Crippen molar-refractivity contribution in [2.24, 2.45) is 28.1 Å². The lowest BCUT2D eigenvalue weighted by Gasteiger charge is -2.60. The summed E-state index contributed by atoms with van der Waals surface area (Å²) in [6.07, 6.45) is 7.51. The van der Waals surface area contributed by atoms with Crippen LogP contribution in [0.1, 0.15) is 66.2 Å². The number of rotatable bonds is 2. The normalized spacial score (nSPS) is 47.3. The van der Waals surface area contributed by atoms with E-state index in [1.807, 2.05) is 0 Å². The van der Waals surface area contributed by atoms with Crippen LogP contribution in [0, 0.1) is 28.1 Å². The molecule has 0 radical (unpaired) electrons. The van der Waals surface area contributed by atoms with Gasteiger partial charge in [0.05, 0.1) is 18.8 Å². The summed E-state index contributed by atoms with van der Waals surface area (Å²) in [5, 5.41) is 30.1. The molecule has 6 unspecified atom stereocenters. The summed E-state index contributed by atoms with van der Waals surface area (Å²) in [5.74, 6) is 1.18. The van der Waals surface area contributed by atoms with Crippen LogP contribution in [-0.4, -0.2) is 34.1 Å². The number of allylic oxidation sites excluding steroid dienone is 1. The Morgan fingerprint density at radius 2 is 1.87 bits per heavy atom. The van der Waals surface area contributed by atoms with Gasteiger partial charge in [-0.15, -0.1) is 0 Å². The van der Waals surface area contributed by atoms with Gasteiger partial charge in [-0.3, -0.25) is 0 Å². The van der Waals surface area contributed by atoms with Gasteiger partial charge in [0.15, 0.2) is 0 Å². The van der Waals surface area contributed by atoms with E-state index in [-0.39, 0.29) is 29.0 Å². The Hall–Kier alpha value is -0.380. The molecule has 0 spiro atoms. The third kappa shape index (κ3) is 2.69. The molecule has 0 aromatic rings. The van der Waals surface area contributed by atoms with Crippen molar-refractivity contribution >= 4 is 0 Å². The Morgan fingerprint density at radius 3 is 2.52 bits per heavy atom. The van der Waals surface area contributed by atoms with Gasteiger partial charge in [-0.1, -0.05) is 39.3 Å². The summed E-state index contributed by atoms with van der Waals surface area (Å²) in [6.45, 7) is 8.96. The maximum absolute atomic E-state index is 10.5. The summed E-state index contributed by atoms with van der Waals surface area (Å²) in [4.78, 5) is 0. The minimum atomic E-state index is -0.671. The van der Waals surface area contributed by atoms with Crippen molar-refractivity contribution in [3.05, 3.63) is 11.6 Å². The fraction of sp³-hybridized carbons (Fsp3) is 0.900. The number of fused-ring (bicyclic) bond motifs is 3. The summed E-state index contributed by atoms with van der Waals surface area (Å²) in [5.41, 5.74) is 1.53. The van der Waals surface area contributed by atoms with Gasteiger partial charge in [-0.05, 0) is 61.2 Å². The third-order valence-electron chi connectivity index (χ3n) is 7.56. The summed E-state index contributed by atoms with van der Waals surface area (Å²) in [6, 6.07) is 0. The third-order valence-corrected chi connectivity index (χ3v) is 7.56. The van der Waals surface area contributed by atoms with E-state index in [0.29, 0.717) is 11.8 Å². The van der Waals surface area contributed by atoms with Crippen molar-refractivity contribution in [2.45, 2.75) is 78.4 Å². The lowest BCUT2D eigenvalue weighted by molar-refractivity contribution is -0.112. The zero-order chi connectivity index (χ0) is 17.0. The molecule has 3 nitrogen and oxygen atoms in total. The van der Waals surface area contributed by atoms with E-state index < -0.39 is 6.10 Å². The van der Waals surface area contributed by atoms with Crippen LogP contribution in [0.3, 0.4) is 0 Å². The van der Waals surface area contributed by atoms with Gasteiger partial charge >= 0.3 is 0 Å². The zero-order valence-corrected chi connectivity index (χ0v) is 15.2. The van der Waals surface area contributed by atoms with Gasteiger partial charge in [0.2, 0.25) is 0 Å². The second kappa shape index (κ2) is 5.57. The van der Waals surface area contributed by atoms with E-state index in [4.69, 9.17) is 0 Å². The van der Waals surface area contributed by atoms with Crippen LogP contribution in [0.5, 0.6) is 0 Å². The summed E-state index contributed by atoms with van der Waals surface area (Å²) in [7, 11) is 0. The Morgan fingerprint density at radius 1 is 1.17 bits per heavy atom. The highest BCUT2D eigenvalue weighted by molar-refractivity contribution is 5.25. The average molecular weight is 322 g/mol. The van der Waals surface area contributed by atoms with Crippen molar-refractivity contribution in [1.29, 1.82) is 0 Å². The highest BCUT2D eigenvalue weighted by atomic mass is 16.3.